The van der Waals surface area contributed by atoms with Gasteiger partial charge in [-0.3, -0.25) is 0 Å². The van der Waals surface area contributed by atoms with E-state index in [1.807, 2.05) is 26.2 Å². The maximum absolute atomic E-state index is 4.41. The summed E-state index contributed by atoms with van der Waals surface area (Å²) in [6.07, 6.45) is 1.84. The highest BCUT2D eigenvalue weighted by molar-refractivity contribution is 8.01. The van der Waals surface area contributed by atoms with E-state index in [9.17, 15) is 0 Å². The van der Waals surface area contributed by atoms with Crippen molar-refractivity contribution in [1.29, 1.82) is 0 Å². The molecule has 0 aromatic carbocycles. The number of rotatable bonds is 3. The van der Waals surface area contributed by atoms with Crippen molar-refractivity contribution in [3.8, 4) is 0 Å². The van der Waals surface area contributed by atoms with Crippen LogP contribution in [0.2, 0.25) is 0 Å². The Hall–Kier alpha value is -1.07. The summed E-state index contributed by atoms with van der Waals surface area (Å²) in [5.41, 5.74) is 1.10. The topological polar surface area (TPSA) is 37.8 Å². The van der Waals surface area contributed by atoms with Gasteiger partial charge in [-0.2, -0.15) is 0 Å². The zero-order chi connectivity index (χ0) is 10.7. The summed E-state index contributed by atoms with van der Waals surface area (Å²) in [6, 6.07) is 4.14. The van der Waals surface area contributed by atoms with Crippen LogP contribution in [0.1, 0.15) is 5.56 Å². The molecule has 2 aromatic heterocycles. The van der Waals surface area contributed by atoms with Crippen molar-refractivity contribution >= 4 is 29.0 Å². The van der Waals surface area contributed by atoms with Crippen molar-refractivity contribution < 1.29 is 0 Å². The summed E-state index contributed by atoms with van der Waals surface area (Å²) < 4.78 is 1.25. The molecular formula is C10H11N3S2. The monoisotopic (exact) mass is 237 g/mol. The molecule has 2 rings (SSSR count). The van der Waals surface area contributed by atoms with Crippen LogP contribution in [0.25, 0.3) is 0 Å². The lowest BCUT2D eigenvalue weighted by Gasteiger charge is -2.04. The maximum Gasteiger partial charge on any atom is 0.223 e. The summed E-state index contributed by atoms with van der Waals surface area (Å²) >= 11 is 3.40. The van der Waals surface area contributed by atoms with Gasteiger partial charge in [-0.25, -0.2) is 9.97 Å². The third-order valence-electron chi connectivity index (χ3n) is 1.84. The molecule has 0 bridgehead atoms. The minimum absolute atomic E-state index is 0.666. The first-order valence-electron chi connectivity index (χ1n) is 4.52. The second kappa shape index (κ2) is 4.63. The average Bonchev–Trinajstić information content (AvgIpc) is 2.74. The van der Waals surface area contributed by atoms with E-state index in [4.69, 9.17) is 0 Å². The standard InChI is InChI=1S/C10H11N3S2/c1-7-6-12-10(11-2)13-9(7)15-8-4-3-5-14-8/h3-6H,1-2H3,(H,11,12,13). The van der Waals surface area contributed by atoms with E-state index >= 15 is 0 Å². The van der Waals surface area contributed by atoms with Crippen LogP contribution in [-0.4, -0.2) is 17.0 Å². The van der Waals surface area contributed by atoms with E-state index in [2.05, 4.69) is 26.7 Å². The first-order valence-corrected chi connectivity index (χ1v) is 6.22. The lowest BCUT2D eigenvalue weighted by Crippen LogP contribution is -1.98. The molecule has 3 nitrogen and oxygen atoms in total. The van der Waals surface area contributed by atoms with Crippen LogP contribution in [0, 0.1) is 6.92 Å². The molecule has 0 aliphatic heterocycles. The van der Waals surface area contributed by atoms with Gasteiger partial charge in [0.1, 0.15) is 5.03 Å². The van der Waals surface area contributed by atoms with E-state index < -0.39 is 0 Å². The molecule has 0 spiro atoms. The summed E-state index contributed by atoms with van der Waals surface area (Å²) in [6.45, 7) is 2.02. The highest BCUT2D eigenvalue weighted by Gasteiger charge is 2.05. The molecule has 0 aliphatic rings. The molecule has 0 saturated heterocycles. The number of nitrogens with one attached hydrogen (secondary N) is 1. The van der Waals surface area contributed by atoms with Crippen LogP contribution in [0.4, 0.5) is 5.95 Å². The number of aryl methyl sites for hydroxylation is 1. The highest BCUT2D eigenvalue weighted by Crippen LogP contribution is 2.31. The predicted molar refractivity (Wildman–Crippen MR) is 64.8 cm³/mol. The normalized spacial score (nSPS) is 10.3. The Labute approximate surface area is 97.0 Å². The molecule has 0 saturated carbocycles. The van der Waals surface area contributed by atoms with Crippen LogP contribution in [0.3, 0.4) is 0 Å². The van der Waals surface area contributed by atoms with Crippen molar-refractivity contribution in [1.82, 2.24) is 9.97 Å². The Morgan fingerprint density at radius 1 is 1.47 bits per heavy atom. The third-order valence-corrected chi connectivity index (χ3v) is 3.99. The number of thiophene rings is 1. The maximum atomic E-state index is 4.41. The molecule has 0 unspecified atom stereocenters. The Morgan fingerprint density at radius 3 is 3.00 bits per heavy atom. The smallest absolute Gasteiger partial charge is 0.223 e. The molecule has 78 valence electrons. The third kappa shape index (κ3) is 2.49. The molecule has 1 N–H and O–H groups in total. The summed E-state index contributed by atoms with van der Waals surface area (Å²) in [5.74, 6) is 0.666. The summed E-state index contributed by atoms with van der Waals surface area (Å²) in [4.78, 5) is 8.57. The molecular weight excluding hydrogens is 226 g/mol. The first-order chi connectivity index (χ1) is 7.29. The second-order valence-corrected chi connectivity index (χ2v) is 5.20. The predicted octanol–water partition coefficient (Wildman–Crippen LogP) is 3.04. The van der Waals surface area contributed by atoms with Crippen molar-refractivity contribution in [2.75, 3.05) is 12.4 Å². The van der Waals surface area contributed by atoms with Crippen LogP contribution in [-0.2, 0) is 0 Å². The van der Waals surface area contributed by atoms with Gasteiger partial charge in [0.2, 0.25) is 5.95 Å². The van der Waals surface area contributed by atoms with E-state index in [0.29, 0.717) is 5.95 Å². The number of hydrogen-bond donors (Lipinski definition) is 1. The Balaban J connectivity index is 2.27. The van der Waals surface area contributed by atoms with Gasteiger partial charge in [-0.15, -0.1) is 11.3 Å². The Morgan fingerprint density at radius 2 is 2.33 bits per heavy atom. The largest absolute Gasteiger partial charge is 0.357 e. The van der Waals surface area contributed by atoms with E-state index in [0.717, 1.165) is 10.6 Å². The molecule has 0 aliphatic carbocycles. The molecule has 5 heteroatoms. The van der Waals surface area contributed by atoms with Gasteiger partial charge in [-0.1, -0.05) is 17.8 Å². The van der Waals surface area contributed by atoms with Crippen LogP contribution >= 0.6 is 23.1 Å². The van der Waals surface area contributed by atoms with Gasteiger partial charge in [0.25, 0.3) is 0 Å². The molecule has 15 heavy (non-hydrogen) atoms. The van der Waals surface area contributed by atoms with Gasteiger partial charge >= 0.3 is 0 Å². The van der Waals surface area contributed by atoms with Crippen LogP contribution < -0.4 is 5.32 Å². The zero-order valence-electron chi connectivity index (χ0n) is 8.52. The average molecular weight is 237 g/mol. The Kier molecular flexibility index (Phi) is 3.23. The number of aromatic nitrogens is 2. The molecule has 0 atom stereocenters. The van der Waals surface area contributed by atoms with Gasteiger partial charge < -0.3 is 5.32 Å². The van der Waals surface area contributed by atoms with Crippen molar-refractivity contribution in [3.63, 3.8) is 0 Å². The quantitative estimate of drug-likeness (QED) is 0.833. The molecule has 0 radical (unpaired) electrons. The number of anilines is 1. The minimum atomic E-state index is 0.666. The summed E-state index contributed by atoms with van der Waals surface area (Å²) in [5, 5.41) is 6.02. The minimum Gasteiger partial charge on any atom is -0.357 e. The lowest BCUT2D eigenvalue weighted by molar-refractivity contribution is 1.01. The van der Waals surface area contributed by atoms with E-state index in [-0.39, 0.29) is 0 Å². The van der Waals surface area contributed by atoms with Crippen molar-refractivity contribution in [2.45, 2.75) is 16.2 Å². The highest BCUT2D eigenvalue weighted by atomic mass is 32.2. The number of hydrogen-bond acceptors (Lipinski definition) is 5. The molecule has 2 aromatic rings. The fourth-order valence-electron chi connectivity index (χ4n) is 1.07. The van der Waals surface area contributed by atoms with Gasteiger partial charge in [0.15, 0.2) is 0 Å². The molecule has 0 amide bonds. The van der Waals surface area contributed by atoms with Crippen LogP contribution in [0.5, 0.6) is 0 Å². The van der Waals surface area contributed by atoms with Crippen molar-refractivity contribution in [2.24, 2.45) is 0 Å². The van der Waals surface area contributed by atoms with Gasteiger partial charge in [0.05, 0.1) is 4.21 Å². The lowest BCUT2D eigenvalue weighted by atomic mass is 10.4. The van der Waals surface area contributed by atoms with E-state index in [1.165, 1.54) is 4.21 Å². The van der Waals surface area contributed by atoms with Crippen LogP contribution in [0.15, 0.2) is 32.9 Å². The van der Waals surface area contributed by atoms with Gasteiger partial charge in [0, 0.05) is 18.8 Å². The van der Waals surface area contributed by atoms with Gasteiger partial charge in [-0.05, 0) is 18.4 Å². The number of nitrogens with zero attached hydrogens (tertiary/aromatic N) is 2. The molecule has 2 heterocycles. The Bertz CT molecular complexity index is 440. The van der Waals surface area contributed by atoms with E-state index in [1.54, 1.807) is 23.1 Å². The molecule has 0 fully saturated rings. The SMILES string of the molecule is CNc1ncc(C)c(Sc2cccs2)n1. The zero-order valence-corrected chi connectivity index (χ0v) is 10.2. The fourth-order valence-corrected chi connectivity index (χ4v) is 2.79. The van der Waals surface area contributed by atoms with Crippen molar-refractivity contribution in [3.05, 3.63) is 29.3 Å². The fraction of sp³-hybridized carbons (Fsp3) is 0.200. The second-order valence-electron chi connectivity index (χ2n) is 2.97. The first kappa shape index (κ1) is 10.4. The summed E-state index contributed by atoms with van der Waals surface area (Å²) in [7, 11) is 1.82.